The number of nitrogen functional groups attached to an aromatic ring is 1. The highest BCUT2D eigenvalue weighted by Crippen LogP contribution is 2.34. The summed E-state index contributed by atoms with van der Waals surface area (Å²) < 4.78 is 10.6. The number of nitrogens with one attached hydrogen (secondary N) is 1. The lowest BCUT2D eigenvalue weighted by atomic mass is 10.1. The average molecular weight is 432 g/mol. The number of methoxy groups -OCH3 is 2. The third-order valence-corrected chi connectivity index (χ3v) is 4.93. The highest BCUT2D eigenvalue weighted by molar-refractivity contribution is 5.92. The topological polar surface area (TPSA) is 143 Å². The molecule has 0 saturated carbocycles. The number of amides is 2. The largest absolute Gasteiger partial charge is 0.493 e. The Morgan fingerprint density at radius 3 is 2.39 bits per heavy atom. The molecule has 4 N–H and O–H groups in total. The van der Waals surface area contributed by atoms with Crippen LogP contribution < -0.4 is 25.4 Å². The van der Waals surface area contributed by atoms with Gasteiger partial charge in [0.05, 0.1) is 26.3 Å². The molecule has 1 aliphatic rings. The number of piperazine rings is 1. The fourth-order valence-electron chi connectivity index (χ4n) is 3.48. The van der Waals surface area contributed by atoms with E-state index in [1.54, 1.807) is 17.0 Å². The molecule has 11 nitrogen and oxygen atoms in total. The average Bonchev–Trinajstić information content (AvgIpc) is 2.70. The van der Waals surface area contributed by atoms with Gasteiger partial charge in [-0.25, -0.2) is 9.78 Å². The van der Waals surface area contributed by atoms with E-state index in [2.05, 4.69) is 15.3 Å². The van der Waals surface area contributed by atoms with Gasteiger partial charge in [0.1, 0.15) is 11.9 Å². The molecular formula is C20H28N6O5. The van der Waals surface area contributed by atoms with E-state index >= 15 is 0 Å². The first-order valence-corrected chi connectivity index (χ1v) is 9.80. The van der Waals surface area contributed by atoms with E-state index in [1.807, 2.05) is 20.8 Å². The van der Waals surface area contributed by atoms with Crippen LogP contribution in [0.5, 0.6) is 11.5 Å². The quantitative estimate of drug-likeness (QED) is 0.651. The van der Waals surface area contributed by atoms with Crippen LogP contribution in [0.1, 0.15) is 20.8 Å². The molecule has 31 heavy (non-hydrogen) atoms. The smallest absolute Gasteiger partial charge is 0.408 e. The Balaban J connectivity index is 1.96. The zero-order valence-corrected chi connectivity index (χ0v) is 18.3. The fourth-order valence-corrected chi connectivity index (χ4v) is 3.48. The molecule has 0 unspecified atom stereocenters. The maximum atomic E-state index is 12.8. The van der Waals surface area contributed by atoms with Crippen LogP contribution in [0.3, 0.4) is 0 Å². The Morgan fingerprint density at radius 2 is 1.81 bits per heavy atom. The second-order valence-electron chi connectivity index (χ2n) is 8.31. The van der Waals surface area contributed by atoms with E-state index in [9.17, 15) is 14.7 Å². The summed E-state index contributed by atoms with van der Waals surface area (Å²) >= 11 is 0. The molecule has 0 bridgehead atoms. The molecule has 2 aromatic rings. The maximum absolute atomic E-state index is 12.8. The molecular weight excluding hydrogens is 404 g/mol. The van der Waals surface area contributed by atoms with E-state index in [0.29, 0.717) is 34.9 Å². The molecule has 1 saturated heterocycles. The van der Waals surface area contributed by atoms with Gasteiger partial charge in [-0.15, -0.1) is 0 Å². The van der Waals surface area contributed by atoms with Crippen molar-refractivity contribution in [3.8, 4) is 11.5 Å². The number of ether oxygens (including phenoxy) is 2. The Labute approximate surface area is 180 Å². The van der Waals surface area contributed by atoms with Gasteiger partial charge in [0.15, 0.2) is 11.5 Å². The zero-order valence-electron chi connectivity index (χ0n) is 18.3. The summed E-state index contributed by atoms with van der Waals surface area (Å²) in [6, 6.07) is 2.50. The molecule has 1 fully saturated rings. The number of hydrogen-bond donors (Lipinski definition) is 3. The molecule has 1 aliphatic heterocycles. The van der Waals surface area contributed by atoms with Crippen molar-refractivity contribution in [3.05, 3.63) is 12.1 Å². The first-order valence-electron chi connectivity index (χ1n) is 9.80. The predicted octanol–water partition coefficient (Wildman–Crippen LogP) is 1.31. The van der Waals surface area contributed by atoms with Crippen LogP contribution in [0.4, 0.5) is 16.6 Å². The number of carboxylic acid groups (broad SMARTS) is 1. The minimum Gasteiger partial charge on any atom is -0.493 e. The number of anilines is 2. The number of hydrogen-bond acceptors (Lipinski definition) is 8. The molecule has 168 valence electrons. The Hall–Kier alpha value is -3.50. The Morgan fingerprint density at radius 1 is 1.16 bits per heavy atom. The van der Waals surface area contributed by atoms with E-state index in [1.165, 1.54) is 14.2 Å². The van der Waals surface area contributed by atoms with Crippen LogP contribution in [-0.2, 0) is 4.79 Å². The summed E-state index contributed by atoms with van der Waals surface area (Å²) in [5.74, 6) is 1.19. The van der Waals surface area contributed by atoms with Gasteiger partial charge >= 0.3 is 6.09 Å². The molecule has 2 amide bonds. The summed E-state index contributed by atoms with van der Waals surface area (Å²) in [4.78, 5) is 36.4. The van der Waals surface area contributed by atoms with Gasteiger partial charge in [-0.05, 0) is 26.8 Å². The molecule has 1 atom stereocenters. The van der Waals surface area contributed by atoms with E-state index in [-0.39, 0.29) is 24.8 Å². The van der Waals surface area contributed by atoms with Gasteiger partial charge in [-0.1, -0.05) is 0 Å². The molecule has 0 aliphatic carbocycles. The van der Waals surface area contributed by atoms with Gasteiger partial charge < -0.3 is 30.5 Å². The van der Waals surface area contributed by atoms with Crippen molar-refractivity contribution in [1.29, 1.82) is 0 Å². The Kier molecular flexibility index (Phi) is 5.96. The molecule has 2 heterocycles. The number of carbonyl (C=O) groups is 2. The van der Waals surface area contributed by atoms with Crippen LogP contribution in [-0.4, -0.2) is 77.4 Å². The van der Waals surface area contributed by atoms with Crippen molar-refractivity contribution < 1.29 is 24.2 Å². The summed E-state index contributed by atoms with van der Waals surface area (Å²) in [5.41, 5.74) is 6.23. The van der Waals surface area contributed by atoms with Gasteiger partial charge in [0.25, 0.3) is 0 Å². The molecule has 0 spiro atoms. The van der Waals surface area contributed by atoms with Crippen LogP contribution in [0.2, 0.25) is 0 Å². The first kappa shape index (κ1) is 22.2. The third-order valence-electron chi connectivity index (χ3n) is 4.93. The van der Waals surface area contributed by atoms with Gasteiger partial charge in [-0.2, -0.15) is 4.98 Å². The van der Waals surface area contributed by atoms with E-state index in [4.69, 9.17) is 15.2 Å². The number of aromatic nitrogens is 2. The number of nitrogens with zero attached hydrogens (tertiary/aromatic N) is 4. The summed E-state index contributed by atoms with van der Waals surface area (Å²) in [6.45, 7) is 6.07. The lowest BCUT2D eigenvalue weighted by Gasteiger charge is -2.40. The highest BCUT2D eigenvalue weighted by Gasteiger charge is 2.37. The van der Waals surface area contributed by atoms with Crippen molar-refractivity contribution in [2.24, 2.45) is 0 Å². The van der Waals surface area contributed by atoms with Crippen LogP contribution in [0.15, 0.2) is 12.1 Å². The second-order valence-corrected chi connectivity index (χ2v) is 8.31. The van der Waals surface area contributed by atoms with E-state index < -0.39 is 17.7 Å². The van der Waals surface area contributed by atoms with Crippen molar-refractivity contribution in [1.82, 2.24) is 20.2 Å². The van der Waals surface area contributed by atoms with Crippen molar-refractivity contribution in [3.63, 3.8) is 0 Å². The van der Waals surface area contributed by atoms with Gasteiger partial charge in [0, 0.05) is 30.1 Å². The van der Waals surface area contributed by atoms with Gasteiger partial charge in [-0.3, -0.25) is 9.69 Å². The highest BCUT2D eigenvalue weighted by atomic mass is 16.5. The zero-order chi connectivity index (χ0) is 22.9. The minimum atomic E-state index is -1.15. The normalized spacial score (nSPS) is 16.9. The maximum Gasteiger partial charge on any atom is 0.408 e. The predicted molar refractivity (Wildman–Crippen MR) is 116 cm³/mol. The third kappa shape index (κ3) is 4.65. The number of nitrogens with two attached hydrogens (primary N) is 1. The van der Waals surface area contributed by atoms with Crippen LogP contribution in [0, 0.1) is 0 Å². The number of rotatable bonds is 4. The van der Waals surface area contributed by atoms with Crippen LogP contribution >= 0.6 is 0 Å². The lowest BCUT2D eigenvalue weighted by molar-refractivity contribution is -0.127. The molecule has 1 aromatic heterocycles. The van der Waals surface area contributed by atoms with Crippen LogP contribution in [0.25, 0.3) is 10.9 Å². The van der Waals surface area contributed by atoms with Crippen molar-refractivity contribution >= 4 is 34.7 Å². The van der Waals surface area contributed by atoms with Gasteiger partial charge in [0.2, 0.25) is 11.9 Å². The standard InChI is InChI=1S/C20H28N6O5/c1-20(2,3)24-17(27)13-10-25(6-7-26(13)19(28)29)18-22-12-9-15(31-5)14(30-4)8-11(12)16(21)23-18/h8-9,13H,6-7,10H2,1-5H3,(H,24,27)(H,28,29)(H2,21,22,23)/t13-/m0/s1. The SMILES string of the molecule is COc1cc2nc(N3CCN(C(=O)O)[C@H](C(=O)NC(C)(C)C)C3)nc(N)c2cc1OC. The Bertz CT molecular complexity index is 1010. The number of benzene rings is 1. The van der Waals surface area contributed by atoms with Crippen molar-refractivity contribution in [2.75, 3.05) is 44.5 Å². The van der Waals surface area contributed by atoms with Crippen molar-refractivity contribution in [2.45, 2.75) is 32.4 Å². The second kappa shape index (κ2) is 8.32. The minimum absolute atomic E-state index is 0.104. The van der Waals surface area contributed by atoms with E-state index in [0.717, 1.165) is 4.90 Å². The lowest BCUT2D eigenvalue weighted by Crippen LogP contribution is -2.62. The summed E-state index contributed by atoms with van der Waals surface area (Å²) in [6.07, 6.45) is -1.15. The fraction of sp³-hybridized carbons (Fsp3) is 0.500. The number of fused-ring (bicyclic) bond motifs is 1. The summed E-state index contributed by atoms with van der Waals surface area (Å²) in [5, 5.41) is 13.0. The molecule has 3 rings (SSSR count). The first-order chi connectivity index (χ1) is 14.5. The summed E-state index contributed by atoms with van der Waals surface area (Å²) in [7, 11) is 3.05. The monoisotopic (exact) mass is 432 g/mol. The number of carbonyl (C=O) groups excluding carboxylic acids is 1. The molecule has 1 aromatic carbocycles. The molecule has 0 radical (unpaired) electrons. The molecule has 11 heteroatoms.